The third-order valence-electron chi connectivity index (χ3n) is 7.38. The first-order chi connectivity index (χ1) is 19.1. The number of carbonyl (C=O) groups excluding carboxylic acids is 2. The Morgan fingerprint density at radius 3 is 2.58 bits per heavy atom. The molecular weight excluding hydrogens is 572 g/mol. The highest BCUT2D eigenvalue weighted by Crippen LogP contribution is 2.46. The lowest BCUT2D eigenvalue weighted by Gasteiger charge is -2.49. The van der Waals surface area contributed by atoms with Gasteiger partial charge in [0.25, 0.3) is 11.8 Å². The van der Waals surface area contributed by atoms with E-state index in [1.54, 1.807) is 47.5 Å². The number of fused-ring (bicyclic) bond motifs is 1. The summed E-state index contributed by atoms with van der Waals surface area (Å²) in [5, 5.41) is 1.42. The van der Waals surface area contributed by atoms with Gasteiger partial charge < -0.3 is 4.90 Å². The maximum absolute atomic E-state index is 14.2. The molecule has 5 rings (SSSR count). The van der Waals surface area contributed by atoms with E-state index in [4.69, 9.17) is 16.4 Å². The highest BCUT2D eigenvalue weighted by Gasteiger charge is 2.49. The number of carbonyl (C=O) groups is 2. The van der Waals surface area contributed by atoms with Gasteiger partial charge in [-0.2, -0.15) is 0 Å². The van der Waals surface area contributed by atoms with Crippen LogP contribution in [0.2, 0.25) is 5.02 Å². The third-order valence-corrected chi connectivity index (χ3v) is 9.25. The van der Waals surface area contributed by atoms with Crippen LogP contribution in [0.15, 0.2) is 54.7 Å². The van der Waals surface area contributed by atoms with Gasteiger partial charge in [0.15, 0.2) is 0 Å². The number of hydrogen-bond donors (Lipinski definition) is 2. The van der Waals surface area contributed by atoms with E-state index in [9.17, 15) is 18.0 Å². The molecule has 1 aliphatic heterocycles. The van der Waals surface area contributed by atoms with Gasteiger partial charge in [0, 0.05) is 28.9 Å². The van der Waals surface area contributed by atoms with Crippen LogP contribution in [0.1, 0.15) is 69.0 Å². The van der Waals surface area contributed by atoms with Crippen LogP contribution in [0.3, 0.4) is 0 Å². The zero-order chi connectivity index (χ0) is 28.4. The maximum Gasteiger partial charge on any atom is 0.255 e. The van der Waals surface area contributed by atoms with Crippen LogP contribution in [0.4, 0.5) is 0 Å². The number of thiazole rings is 1. The quantitative estimate of drug-likeness (QED) is 0.367. The maximum atomic E-state index is 14.2. The summed E-state index contributed by atoms with van der Waals surface area (Å²) in [6, 6.07) is 12.5. The van der Waals surface area contributed by atoms with Gasteiger partial charge in [-0.25, -0.2) is 23.6 Å². The molecule has 2 aromatic carbocycles. The summed E-state index contributed by atoms with van der Waals surface area (Å²) >= 11 is 7.69. The van der Waals surface area contributed by atoms with Gasteiger partial charge >= 0.3 is 0 Å². The number of halogens is 1. The smallest absolute Gasteiger partial charge is 0.255 e. The molecule has 1 aromatic heterocycles. The lowest BCUT2D eigenvalue weighted by Crippen LogP contribution is -2.59. The molecule has 0 unspecified atom stereocenters. The van der Waals surface area contributed by atoms with Crippen LogP contribution in [0.25, 0.3) is 0 Å². The van der Waals surface area contributed by atoms with Crippen LogP contribution < -0.4 is 10.2 Å². The molecule has 0 radical (unpaired) electrons. The predicted molar refractivity (Wildman–Crippen MR) is 153 cm³/mol. The Morgan fingerprint density at radius 1 is 1.15 bits per heavy atom. The van der Waals surface area contributed by atoms with Gasteiger partial charge in [0.2, 0.25) is 10.0 Å². The number of sulfonamides is 1. The van der Waals surface area contributed by atoms with Crippen LogP contribution in [-0.2, 0) is 26.3 Å². The summed E-state index contributed by atoms with van der Waals surface area (Å²) < 4.78 is 27.3. The molecule has 2 amide bonds. The lowest BCUT2D eigenvalue weighted by molar-refractivity contribution is -0.138. The summed E-state index contributed by atoms with van der Waals surface area (Å²) in [4.78, 5) is 40.5. The summed E-state index contributed by atoms with van der Waals surface area (Å²) in [5.41, 5.74) is 4.33. The molecule has 3 aromatic rings. The molecule has 40 heavy (non-hydrogen) atoms. The Kier molecular flexibility index (Phi) is 8.58. The number of rotatable bonds is 8. The van der Waals surface area contributed by atoms with Crippen LogP contribution in [-0.4, -0.2) is 48.5 Å². The van der Waals surface area contributed by atoms with Crippen molar-refractivity contribution in [2.45, 2.75) is 63.3 Å². The largest absolute Gasteiger partial charge is 0.326 e. The van der Waals surface area contributed by atoms with Crippen molar-refractivity contribution >= 4 is 44.8 Å². The topological polar surface area (TPSA) is 118 Å². The molecule has 1 saturated carbocycles. The Labute approximate surface area is 242 Å². The normalized spacial score (nSPS) is 23.1. The summed E-state index contributed by atoms with van der Waals surface area (Å²) in [7, 11) is -3.54. The molecule has 9 nitrogen and oxygen atoms in total. The van der Waals surface area contributed by atoms with E-state index in [0.29, 0.717) is 34.6 Å². The van der Waals surface area contributed by atoms with Crippen LogP contribution in [0.5, 0.6) is 0 Å². The van der Waals surface area contributed by atoms with Gasteiger partial charge in [-0.05, 0) is 49.1 Å². The summed E-state index contributed by atoms with van der Waals surface area (Å²) in [6.45, 7) is 2.05. The van der Waals surface area contributed by atoms with Crippen molar-refractivity contribution in [3.8, 4) is 0 Å². The first-order valence-corrected chi connectivity index (χ1v) is 16.2. The van der Waals surface area contributed by atoms with Crippen molar-refractivity contribution in [3.05, 3.63) is 86.3 Å². The molecule has 0 spiro atoms. The first-order valence-electron chi connectivity index (χ1n) is 13.1. The molecular formula is C28H31ClN4O5S2. The number of amides is 2. The molecule has 4 atom stereocenters. The fourth-order valence-corrected chi connectivity index (χ4v) is 7.44. The number of hydroxylamine groups is 1. The average molecular weight is 603 g/mol. The van der Waals surface area contributed by atoms with Gasteiger partial charge in [0.05, 0.1) is 28.1 Å². The van der Waals surface area contributed by atoms with Crippen molar-refractivity contribution in [2.75, 3.05) is 6.26 Å². The molecule has 1 fully saturated rings. The lowest BCUT2D eigenvalue weighted by atomic mass is 9.76. The summed E-state index contributed by atoms with van der Waals surface area (Å²) in [6.07, 6.45) is 5.69. The third kappa shape index (κ3) is 6.23. The fraction of sp³-hybridized carbons (Fsp3) is 0.393. The number of aryl methyl sites for hydroxylation is 1. The Balaban J connectivity index is 1.57. The molecule has 2 N–H and O–H groups in total. The van der Waals surface area contributed by atoms with Gasteiger partial charge in [0.1, 0.15) is 6.61 Å². The highest BCUT2D eigenvalue weighted by molar-refractivity contribution is 7.88. The standard InChI is InChI=1S/C28H31ClN4O5S2/c1-17-30-15-20(39-17)16-38-31-27(34)25-21-7-3-4-8-22(21)28(35)33(26(25)18-11-13-19(29)14-12-18)24-10-6-5-9-23(24)32-40(2,36)37/h3-4,7-8,11-15,23-26,32H,5-6,9-10,16H2,1-2H3,(H,31,34)/t23-,24-,25+,26-/m0/s1. The molecule has 2 aliphatic rings. The van der Waals surface area contributed by atoms with E-state index in [2.05, 4.69) is 15.2 Å². The minimum absolute atomic E-state index is 0.156. The van der Waals surface area contributed by atoms with E-state index < -0.39 is 40.0 Å². The first kappa shape index (κ1) is 28.7. The van der Waals surface area contributed by atoms with Crippen molar-refractivity contribution in [1.29, 1.82) is 0 Å². The van der Waals surface area contributed by atoms with E-state index in [-0.39, 0.29) is 12.5 Å². The van der Waals surface area contributed by atoms with Gasteiger partial charge in [-0.3, -0.25) is 14.4 Å². The fourth-order valence-electron chi connectivity index (χ4n) is 5.78. The number of nitrogens with one attached hydrogen (secondary N) is 2. The Bertz CT molecular complexity index is 1490. The van der Waals surface area contributed by atoms with E-state index >= 15 is 0 Å². The van der Waals surface area contributed by atoms with Crippen molar-refractivity contribution in [3.63, 3.8) is 0 Å². The van der Waals surface area contributed by atoms with E-state index in [0.717, 1.165) is 29.0 Å². The Hall–Kier alpha value is -2.83. The molecule has 12 heteroatoms. The molecule has 212 valence electrons. The average Bonchev–Trinajstić information content (AvgIpc) is 3.33. The van der Waals surface area contributed by atoms with Gasteiger partial charge in [-0.15, -0.1) is 11.3 Å². The van der Waals surface area contributed by atoms with Gasteiger partial charge in [-0.1, -0.05) is 54.8 Å². The number of aromatic nitrogens is 1. The monoisotopic (exact) mass is 602 g/mol. The number of benzene rings is 2. The SMILES string of the molecule is Cc1ncc(CONC(=O)[C@@H]2c3ccccc3C(=O)N([C@H]3CCCC[C@@H]3NS(C)(=O)=O)[C@H]2c2ccc(Cl)cc2)s1. The number of nitrogens with zero attached hydrogens (tertiary/aromatic N) is 2. The van der Waals surface area contributed by atoms with E-state index in [1.807, 2.05) is 19.1 Å². The van der Waals surface area contributed by atoms with Crippen molar-refractivity contribution < 1.29 is 22.8 Å². The zero-order valence-corrected chi connectivity index (χ0v) is 24.6. The molecule has 0 saturated heterocycles. The highest BCUT2D eigenvalue weighted by atomic mass is 35.5. The second-order valence-electron chi connectivity index (χ2n) is 10.2. The minimum atomic E-state index is -3.54. The van der Waals surface area contributed by atoms with Crippen molar-refractivity contribution in [1.82, 2.24) is 20.1 Å². The molecule has 0 bridgehead atoms. The zero-order valence-electron chi connectivity index (χ0n) is 22.2. The summed E-state index contributed by atoms with van der Waals surface area (Å²) in [5.74, 6) is -1.47. The molecule has 1 aliphatic carbocycles. The van der Waals surface area contributed by atoms with Crippen LogP contribution in [0, 0.1) is 6.92 Å². The minimum Gasteiger partial charge on any atom is -0.326 e. The second-order valence-corrected chi connectivity index (χ2v) is 13.8. The van der Waals surface area contributed by atoms with Crippen molar-refractivity contribution in [2.24, 2.45) is 0 Å². The van der Waals surface area contributed by atoms with E-state index in [1.165, 1.54) is 11.3 Å². The van der Waals surface area contributed by atoms with Crippen LogP contribution >= 0.6 is 22.9 Å². The Morgan fingerprint density at radius 2 is 1.88 bits per heavy atom. The second kappa shape index (κ2) is 12.0. The number of hydrogen-bond acceptors (Lipinski definition) is 7. The predicted octanol–water partition coefficient (Wildman–Crippen LogP) is 4.49. The molecule has 2 heterocycles.